The van der Waals surface area contributed by atoms with Gasteiger partial charge in [-0.1, -0.05) is 31.3 Å². The molecule has 0 aliphatic carbocycles. The van der Waals surface area contributed by atoms with Crippen molar-refractivity contribution < 1.29 is 9.47 Å². The van der Waals surface area contributed by atoms with Gasteiger partial charge in [-0.3, -0.25) is 0 Å². The lowest BCUT2D eigenvalue weighted by Crippen LogP contribution is -2.10. The minimum absolute atomic E-state index is 0.389. The molecule has 0 atom stereocenters. The second kappa shape index (κ2) is 7.64. The molecule has 0 aromatic heterocycles. The predicted molar refractivity (Wildman–Crippen MR) is 89.1 cm³/mol. The first-order chi connectivity index (χ1) is 10.2. The maximum atomic E-state index is 5.62. The molecule has 0 spiro atoms. The van der Waals surface area contributed by atoms with E-state index in [1.54, 1.807) is 0 Å². The van der Waals surface area contributed by atoms with E-state index in [1.165, 1.54) is 5.56 Å². The molecule has 0 saturated carbocycles. The molecule has 2 N–H and O–H groups in total. The summed E-state index contributed by atoms with van der Waals surface area (Å²) in [5.74, 6) is 1.64. The largest absolute Gasteiger partial charge is 0.490 e. The summed E-state index contributed by atoms with van der Waals surface area (Å²) in [5.41, 5.74) is 7.68. The Hall–Kier alpha value is -2.07. The average Bonchev–Trinajstić information content (AvgIpc) is 2.52. The van der Waals surface area contributed by atoms with Crippen LogP contribution in [0.4, 0.5) is 0 Å². The molecule has 2 rings (SSSR count). The van der Waals surface area contributed by atoms with Gasteiger partial charge < -0.3 is 15.2 Å². The molecule has 0 aliphatic heterocycles. The zero-order valence-electron chi connectivity index (χ0n) is 12.0. The monoisotopic (exact) mass is 301 g/mol. The van der Waals surface area contributed by atoms with Crippen molar-refractivity contribution in [1.82, 2.24) is 0 Å². The highest BCUT2D eigenvalue weighted by Crippen LogP contribution is 2.14. The number of hydrogen-bond acceptors (Lipinski definition) is 3. The number of hydrogen-bond donors (Lipinski definition) is 1. The molecule has 21 heavy (non-hydrogen) atoms. The molecular formula is C17H19NO2S. The van der Waals surface area contributed by atoms with Crippen LogP contribution in [-0.2, 0) is 6.42 Å². The van der Waals surface area contributed by atoms with Gasteiger partial charge in [0.05, 0.1) is 0 Å². The Kier molecular flexibility index (Phi) is 5.58. The lowest BCUT2D eigenvalue weighted by Gasteiger charge is -2.09. The van der Waals surface area contributed by atoms with E-state index >= 15 is 0 Å². The Morgan fingerprint density at radius 2 is 1.38 bits per heavy atom. The second-order valence-corrected chi connectivity index (χ2v) is 5.02. The van der Waals surface area contributed by atoms with Gasteiger partial charge >= 0.3 is 0 Å². The van der Waals surface area contributed by atoms with Crippen LogP contribution in [0, 0.1) is 0 Å². The van der Waals surface area contributed by atoms with Gasteiger partial charge in [0.1, 0.15) is 29.7 Å². The van der Waals surface area contributed by atoms with Gasteiger partial charge in [0, 0.05) is 5.56 Å². The van der Waals surface area contributed by atoms with Gasteiger partial charge in [-0.25, -0.2) is 0 Å². The van der Waals surface area contributed by atoms with Gasteiger partial charge in [0.15, 0.2) is 0 Å². The fourth-order valence-corrected chi connectivity index (χ4v) is 1.99. The van der Waals surface area contributed by atoms with Crippen LogP contribution in [0.3, 0.4) is 0 Å². The predicted octanol–water partition coefficient (Wildman–Crippen LogP) is 3.34. The van der Waals surface area contributed by atoms with Crippen LogP contribution >= 0.6 is 12.2 Å². The maximum Gasteiger partial charge on any atom is 0.122 e. The van der Waals surface area contributed by atoms with Crippen molar-refractivity contribution in [1.29, 1.82) is 0 Å². The Bertz CT molecular complexity index is 579. The van der Waals surface area contributed by atoms with Crippen molar-refractivity contribution in [3.05, 3.63) is 59.7 Å². The summed E-state index contributed by atoms with van der Waals surface area (Å²) in [6.07, 6.45) is 1.03. The molecule has 0 heterocycles. The first kappa shape index (κ1) is 15.3. The van der Waals surface area contributed by atoms with Crippen molar-refractivity contribution >= 4 is 17.2 Å². The van der Waals surface area contributed by atoms with E-state index in [9.17, 15) is 0 Å². The van der Waals surface area contributed by atoms with Gasteiger partial charge in [-0.2, -0.15) is 0 Å². The molecule has 0 fully saturated rings. The number of nitrogens with two attached hydrogens (primary N) is 1. The van der Waals surface area contributed by atoms with E-state index < -0.39 is 0 Å². The van der Waals surface area contributed by atoms with Crippen molar-refractivity contribution in [3.8, 4) is 11.5 Å². The van der Waals surface area contributed by atoms with Gasteiger partial charge in [0.2, 0.25) is 0 Å². The normalized spacial score (nSPS) is 10.1. The zero-order chi connectivity index (χ0) is 15.1. The van der Waals surface area contributed by atoms with Crippen LogP contribution in [0.2, 0.25) is 0 Å². The number of rotatable bonds is 7. The quantitative estimate of drug-likeness (QED) is 0.629. The minimum atomic E-state index is 0.389. The highest BCUT2D eigenvalue weighted by atomic mass is 32.1. The van der Waals surface area contributed by atoms with Crippen molar-refractivity contribution in [2.24, 2.45) is 5.73 Å². The van der Waals surface area contributed by atoms with Gasteiger partial charge in [-0.05, 0) is 48.4 Å². The first-order valence-corrected chi connectivity index (χ1v) is 7.34. The van der Waals surface area contributed by atoms with E-state index in [1.807, 2.05) is 36.4 Å². The smallest absolute Gasteiger partial charge is 0.122 e. The summed E-state index contributed by atoms with van der Waals surface area (Å²) >= 11 is 4.90. The number of thiocarbonyl (C=S) groups is 1. The molecule has 0 aliphatic rings. The van der Waals surface area contributed by atoms with E-state index in [-0.39, 0.29) is 0 Å². The van der Waals surface area contributed by atoms with Crippen LogP contribution < -0.4 is 15.2 Å². The van der Waals surface area contributed by atoms with E-state index in [2.05, 4.69) is 19.1 Å². The molecule has 0 radical (unpaired) electrons. The summed E-state index contributed by atoms with van der Waals surface area (Å²) in [4.78, 5) is 0.389. The Morgan fingerprint density at radius 1 is 0.905 bits per heavy atom. The highest BCUT2D eigenvalue weighted by Gasteiger charge is 1.98. The molecule has 3 nitrogen and oxygen atoms in total. The highest BCUT2D eigenvalue weighted by molar-refractivity contribution is 7.80. The van der Waals surface area contributed by atoms with Crippen LogP contribution in [-0.4, -0.2) is 18.2 Å². The Morgan fingerprint density at radius 3 is 1.81 bits per heavy atom. The van der Waals surface area contributed by atoms with Crippen molar-refractivity contribution in [3.63, 3.8) is 0 Å². The summed E-state index contributed by atoms with van der Waals surface area (Å²) in [7, 11) is 0. The molecule has 110 valence electrons. The third-order valence-corrected chi connectivity index (χ3v) is 3.33. The molecular weight excluding hydrogens is 282 g/mol. The maximum absolute atomic E-state index is 5.62. The van der Waals surface area contributed by atoms with Crippen molar-refractivity contribution in [2.45, 2.75) is 13.3 Å². The molecule has 0 amide bonds. The molecule has 2 aromatic rings. The zero-order valence-corrected chi connectivity index (χ0v) is 12.9. The summed E-state index contributed by atoms with van der Waals surface area (Å²) in [6.45, 7) is 3.12. The number of aryl methyl sites for hydroxylation is 1. The lowest BCUT2D eigenvalue weighted by atomic mass is 10.2. The molecule has 4 heteroatoms. The molecule has 0 bridgehead atoms. The van der Waals surface area contributed by atoms with Crippen molar-refractivity contribution in [2.75, 3.05) is 13.2 Å². The second-order valence-electron chi connectivity index (χ2n) is 4.58. The van der Waals surface area contributed by atoms with Crippen LogP contribution in [0.25, 0.3) is 0 Å². The fourth-order valence-electron chi connectivity index (χ4n) is 1.86. The van der Waals surface area contributed by atoms with Crippen LogP contribution in [0.1, 0.15) is 18.1 Å². The third-order valence-electron chi connectivity index (χ3n) is 3.09. The Labute approximate surface area is 130 Å². The molecule has 0 unspecified atom stereocenters. The topological polar surface area (TPSA) is 44.5 Å². The van der Waals surface area contributed by atoms with Gasteiger partial charge in [-0.15, -0.1) is 0 Å². The minimum Gasteiger partial charge on any atom is -0.490 e. The lowest BCUT2D eigenvalue weighted by molar-refractivity contribution is 0.217. The average molecular weight is 301 g/mol. The van der Waals surface area contributed by atoms with Crippen LogP contribution in [0.5, 0.6) is 11.5 Å². The van der Waals surface area contributed by atoms with E-state index in [0.29, 0.717) is 18.2 Å². The SMILES string of the molecule is CCc1ccc(OCCOc2ccc(C(N)=S)cc2)cc1. The number of ether oxygens (including phenoxy) is 2. The first-order valence-electron chi connectivity index (χ1n) is 6.93. The van der Waals surface area contributed by atoms with Gasteiger partial charge in [0.25, 0.3) is 0 Å². The molecule has 2 aromatic carbocycles. The van der Waals surface area contributed by atoms with E-state index in [4.69, 9.17) is 27.4 Å². The number of benzene rings is 2. The fraction of sp³-hybridized carbons (Fsp3) is 0.235. The molecule has 0 saturated heterocycles. The van der Waals surface area contributed by atoms with Crippen LogP contribution in [0.15, 0.2) is 48.5 Å². The summed E-state index contributed by atoms with van der Waals surface area (Å²) in [6, 6.07) is 15.5. The standard InChI is InChI=1S/C17H19NO2S/c1-2-13-3-7-15(8-4-13)19-11-12-20-16-9-5-14(6-10-16)17(18)21/h3-10H,2,11-12H2,1H3,(H2,18,21). The summed E-state index contributed by atoms with van der Waals surface area (Å²) in [5, 5.41) is 0. The van der Waals surface area contributed by atoms with E-state index in [0.717, 1.165) is 23.5 Å². The third kappa shape index (κ3) is 4.76. The summed E-state index contributed by atoms with van der Waals surface area (Å²) < 4.78 is 11.2. The Balaban J connectivity index is 1.74.